The number of rotatable bonds is 6. The lowest BCUT2D eigenvalue weighted by Crippen LogP contribution is -2.27. The lowest BCUT2D eigenvalue weighted by atomic mass is 10.1. The molecule has 20 heavy (non-hydrogen) atoms. The Labute approximate surface area is 119 Å². The fraction of sp³-hybridized carbons (Fsp3) is 0.267. The first kappa shape index (κ1) is 14.7. The minimum absolute atomic E-state index is 0.0733. The third-order valence-electron chi connectivity index (χ3n) is 2.93. The van der Waals surface area contributed by atoms with Gasteiger partial charge in [0.2, 0.25) is 0 Å². The van der Waals surface area contributed by atoms with Crippen molar-refractivity contribution in [2.75, 3.05) is 12.0 Å². The molecule has 0 aliphatic carbocycles. The van der Waals surface area contributed by atoms with Crippen molar-refractivity contribution in [2.24, 2.45) is 0 Å². The van der Waals surface area contributed by atoms with Crippen molar-refractivity contribution < 1.29 is 8.42 Å². The van der Waals surface area contributed by atoms with Gasteiger partial charge >= 0.3 is 0 Å². The first-order valence-electron chi connectivity index (χ1n) is 6.40. The summed E-state index contributed by atoms with van der Waals surface area (Å²) in [6, 6.07) is 15.1. The highest BCUT2D eigenvalue weighted by atomic mass is 32.2. The molecule has 1 heterocycles. The predicted molar refractivity (Wildman–Crippen MR) is 80.0 cm³/mol. The number of nitrogens with one attached hydrogen (secondary N) is 1. The summed E-state index contributed by atoms with van der Waals surface area (Å²) >= 11 is 0. The zero-order valence-electron chi connectivity index (χ0n) is 11.4. The van der Waals surface area contributed by atoms with Crippen LogP contribution in [-0.4, -0.2) is 25.4 Å². The molecule has 1 atom stereocenters. The maximum Gasteiger partial charge on any atom is 0.149 e. The molecule has 5 heteroatoms. The van der Waals surface area contributed by atoms with Crippen LogP contribution in [0.5, 0.6) is 0 Å². The number of sulfone groups is 1. The van der Waals surface area contributed by atoms with Crippen molar-refractivity contribution >= 4 is 9.84 Å². The van der Waals surface area contributed by atoms with E-state index in [-0.39, 0.29) is 11.8 Å². The molecule has 0 unspecified atom stereocenters. The second-order valence-electron chi connectivity index (χ2n) is 4.76. The maximum absolute atomic E-state index is 11.6. The van der Waals surface area contributed by atoms with Crippen LogP contribution in [0.15, 0.2) is 54.7 Å². The lowest BCUT2D eigenvalue weighted by molar-refractivity contribution is 0.547. The van der Waals surface area contributed by atoms with E-state index in [0.717, 1.165) is 11.3 Å². The van der Waals surface area contributed by atoms with Gasteiger partial charge in [-0.15, -0.1) is 0 Å². The molecule has 0 spiro atoms. The molecule has 1 N–H and O–H groups in total. The Morgan fingerprint density at radius 2 is 1.80 bits per heavy atom. The van der Waals surface area contributed by atoms with Gasteiger partial charge in [-0.2, -0.15) is 0 Å². The number of benzene rings is 1. The van der Waals surface area contributed by atoms with Crippen LogP contribution in [0.3, 0.4) is 0 Å². The Bertz CT molecular complexity index is 627. The summed E-state index contributed by atoms with van der Waals surface area (Å²) in [5.41, 5.74) is 1.86. The monoisotopic (exact) mass is 290 g/mol. The third kappa shape index (κ3) is 4.75. The van der Waals surface area contributed by atoms with Crippen molar-refractivity contribution in [2.45, 2.75) is 12.6 Å². The standard InChI is InChI=1S/C15H18N2O2S/c1-20(18,19)12-15(13-7-3-2-4-8-13)17-11-14-9-5-6-10-16-14/h2-10,15,17H,11-12H2,1H3/t15-/m1/s1. The summed E-state index contributed by atoms with van der Waals surface area (Å²) in [6.45, 7) is 0.538. The summed E-state index contributed by atoms with van der Waals surface area (Å²) < 4.78 is 23.1. The van der Waals surface area contributed by atoms with Crippen molar-refractivity contribution in [1.29, 1.82) is 0 Å². The summed E-state index contributed by atoms with van der Waals surface area (Å²) in [7, 11) is -3.06. The van der Waals surface area contributed by atoms with Crippen LogP contribution in [0.4, 0.5) is 0 Å². The van der Waals surface area contributed by atoms with Gasteiger partial charge in [0.05, 0.1) is 11.4 Å². The number of aromatic nitrogens is 1. The molecule has 106 valence electrons. The maximum atomic E-state index is 11.6. The highest BCUT2D eigenvalue weighted by Gasteiger charge is 2.16. The lowest BCUT2D eigenvalue weighted by Gasteiger charge is -2.18. The van der Waals surface area contributed by atoms with Gasteiger partial charge < -0.3 is 5.32 Å². The number of pyridine rings is 1. The van der Waals surface area contributed by atoms with Crippen LogP contribution in [0.25, 0.3) is 0 Å². The number of nitrogens with zero attached hydrogens (tertiary/aromatic N) is 1. The van der Waals surface area contributed by atoms with E-state index in [1.54, 1.807) is 6.20 Å². The van der Waals surface area contributed by atoms with E-state index in [0.29, 0.717) is 6.54 Å². The average Bonchev–Trinajstić information content (AvgIpc) is 2.44. The van der Waals surface area contributed by atoms with Gasteiger partial charge in [0.1, 0.15) is 9.84 Å². The smallest absolute Gasteiger partial charge is 0.149 e. The summed E-state index contributed by atoms with van der Waals surface area (Å²) in [5.74, 6) is 0.0733. The van der Waals surface area contributed by atoms with Crippen LogP contribution < -0.4 is 5.32 Å². The first-order chi connectivity index (χ1) is 9.54. The van der Waals surface area contributed by atoms with E-state index in [1.165, 1.54) is 6.26 Å². The Kier molecular flexibility index (Phi) is 4.87. The summed E-state index contributed by atoms with van der Waals surface area (Å²) in [4.78, 5) is 4.23. The van der Waals surface area contributed by atoms with Gasteiger partial charge in [-0.1, -0.05) is 36.4 Å². The number of hydrogen-bond donors (Lipinski definition) is 1. The second-order valence-corrected chi connectivity index (χ2v) is 6.94. The van der Waals surface area contributed by atoms with Gasteiger partial charge in [0, 0.05) is 25.0 Å². The van der Waals surface area contributed by atoms with Gasteiger partial charge in [-0.25, -0.2) is 8.42 Å². The predicted octanol–water partition coefficient (Wildman–Crippen LogP) is 1.96. The molecule has 0 radical (unpaired) electrons. The van der Waals surface area contributed by atoms with Crippen LogP contribution in [-0.2, 0) is 16.4 Å². The molecular weight excluding hydrogens is 272 g/mol. The molecule has 0 bridgehead atoms. The fourth-order valence-corrected chi connectivity index (χ4v) is 2.91. The Hall–Kier alpha value is -1.72. The highest BCUT2D eigenvalue weighted by Crippen LogP contribution is 2.15. The zero-order valence-corrected chi connectivity index (χ0v) is 12.2. The SMILES string of the molecule is CS(=O)(=O)C[C@@H](NCc1ccccn1)c1ccccc1. The Morgan fingerprint density at radius 3 is 2.40 bits per heavy atom. The van der Waals surface area contributed by atoms with Gasteiger partial charge in [0.25, 0.3) is 0 Å². The fourth-order valence-electron chi connectivity index (χ4n) is 1.99. The summed E-state index contributed by atoms with van der Waals surface area (Å²) in [6.07, 6.45) is 2.98. The molecule has 0 saturated carbocycles. The topological polar surface area (TPSA) is 59.1 Å². The molecule has 1 aromatic heterocycles. The van der Waals surface area contributed by atoms with Crippen molar-refractivity contribution in [3.05, 3.63) is 66.0 Å². The quantitative estimate of drug-likeness (QED) is 0.883. The largest absolute Gasteiger partial charge is 0.303 e. The Balaban J connectivity index is 2.11. The molecule has 0 amide bonds. The Morgan fingerprint density at radius 1 is 1.10 bits per heavy atom. The van der Waals surface area contributed by atoms with Gasteiger partial charge in [0.15, 0.2) is 0 Å². The summed E-state index contributed by atoms with van der Waals surface area (Å²) in [5, 5.41) is 3.27. The molecule has 1 aromatic carbocycles. The normalized spacial score (nSPS) is 13.1. The van der Waals surface area contributed by atoms with Crippen molar-refractivity contribution in [1.82, 2.24) is 10.3 Å². The van der Waals surface area contributed by atoms with E-state index in [9.17, 15) is 8.42 Å². The second kappa shape index (κ2) is 6.63. The van der Waals surface area contributed by atoms with Crippen LogP contribution in [0.1, 0.15) is 17.3 Å². The molecule has 0 saturated heterocycles. The highest BCUT2D eigenvalue weighted by molar-refractivity contribution is 7.90. The first-order valence-corrected chi connectivity index (χ1v) is 8.46. The van der Waals surface area contributed by atoms with Gasteiger partial charge in [-0.3, -0.25) is 4.98 Å². The molecular formula is C15H18N2O2S. The molecule has 4 nitrogen and oxygen atoms in total. The average molecular weight is 290 g/mol. The minimum Gasteiger partial charge on any atom is -0.303 e. The van der Waals surface area contributed by atoms with Crippen LogP contribution in [0, 0.1) is 0 Å². The molecule has 2 aromatic rings. The van der Waals surface area contributed by atoms with Crippen LogP contribution >= 0.6 is 0 Å². The molecule has 0 aliphatic rings. The molecule has 0 aliphatic heterocycles. The molecule has 0 fully saturated rings. The third-order valence-corrected chi connectivity index (χ3v) is 3.87. The van der Waals surface area contributed by atoms with Crippen molar-refractivity contribution in [3.63, 3.8) is 0 Å². The minimum atomic E-state index is -3.06. The van der Waals surface area contributed by atoms with Crippen LogP contribution in [0.2, 0.25) is 0 Å². The van der Waals surface area contributed by atoms with Gasteiger partial charge in [-0.05, 0) is 17.7 Å². The number of hydrogen-bond acceptors (Lipinski definition) is 4. The van der Waals surface area contributed by atoms with E-state index in [4.69, 9.17) is 0 Å². The van der Waals surface area contributed by atoms with E-state index in [1.807, 2.05) is 48.5 Å². The van der Waals surface area contributed by atoms with E-state index < -0.39 is 9.84 Å². The zero-order chi connectivity index (χ0) is 14.4. The van der Waals surface area contributed by atoms with E-state index in [2.05, 4.69) is 10.3 Å². The van der Waals surface area contributed by atoms with Crippen molar-refractivity contribution in [3.8, 4) is 0 Å². The molecule has 2 rings (SSSR count). The van der Waals surface area contributed by atoms with E-state index >= 15 is 0 Å².